The van der Waals surface area contributed by atoms with E-state index in [9.17, 15) is 14.0 Å². The number of carbonyl (C=O) groups excluding carboxylic acids is 2. The zero-order valence-corrected chi connectivity index (χ0v) is 17.0. The van der Waals surface area contributed by atoms with Gasteiger partial charge in [-0.15, -0.1) is 10.2 Å². The zero-order valence-electron chi connectivity index (χ0n) is 14.6. The number of thiophene rings is 1. The van der Waals surface area contributed by atoms with Gasteiger partial charge in [0, 0.05) is 13.5 Å². The number of halogens is 2. The maximum Gasteiger partial charge on any atom is 0.274 e. The second-order valence-corrected chi connectivity index (χ2v) is 7.78. The lowest BCUT2D eigenvalue weighted by Gasteiger charge is -2.09. The Hall–Kier alpha value is -2.43. The maximum absolute atomic E-state index is 13.7. The Labute approximate surface area is 173 Å². The van der Waals surface area contributed by atoms with Gasteiger partial charge in [0.2, 0.25) is 5.91 Å². The highest BCUT2D eigenvalue weighted by molar-refractivity contribution is 7.99. The Morgan fingerprint density at radius 3 is 2.82 bits per heavy atom. The number of aromatic nitrogens is 3. The summed E-state index contributed by atoms with van der Waals surface area (Å²) in [7, 11) is 1.82. The molecule has 0 saturated carbocycles. The molecule has 0 aliphatic rings. The Balaban J connectivity index is 1.51. The van der Waals surface area contributed by atoms with Crippen LogP contribution in [0.1, 0.15) is 21.7 Å². The lowest BCUT2D eigenvalue weighted by Crippen LogP contribution is -2.43. The van der Waals surface area contributed by atoms with Crippen LogP contribution in [0.15, 0.2) is 40.2 Å². The third kappa shape index (κ3) is 4.89. The highest BCUT2D eigenvalue weighted by atomic mass is 35.5. The molecule has 0 fully saturated rings. The molecular formula is C17H15ClFN5O2S2. The Kier molecular flexibility index (Phi) is 6.65. The summed E-state index contributed by atoms with van der Waals surface area (Å²) in [5, 5.41) is 12.8. The van der Waals surface area contributed by atoms with Gasteiger partial charge >= 0.3 is 0 Å². The van der Waals surface area contributed by atoms with Crippen molar-refractivity contribution in [3.63, 3.8) is 0 Å². The normalized spacial score (nSPS) is 10.7. The summed E-state index contributed by atoms with van der Waals surface area (Å²) in [5.74, 6) is -1.31. The molecular weight excluding hydrogens is 425 g/mol. The van der Waals surface area contributed by atoms with Crippen molar-refractivity contribution in [3.05, 3.63) is 62.8 Å². The van der Waals surface area contributed by atoms with Crippen LogP contribution in [0.3, 0.4) is 0 Å². The first-order valence-corrected chi connectivity index (χ1v) is 10.3. The molecule has 0 atom stereocenters. The van der Waals surface area contributed by atoms with Gasteiger partial charge in [0.1, 0.15) is 11.6 Å². The van der Waals surface area contributed by atoms with E-state index in [1.807, 2.05) is 28.4 Å². The largest absolute Gasteiger partial charge is 0.309 e. The Bertz CT molecular complexity index is 973. The van der Waals surface area contributed by atoms with Crippen molar-refractivity contribution in [2.24, 2.45) is 7.05 Å². The smallest absolute Gasteiger partial charge is 0.274 e. The Morgan fingerprint density at radius 1 is 1.29 bits per heavy atom. The van der Waals surface area contributed by atoms with Crippen LogP contribution in [-0.4, -0.2) is 32.3 Å². The monoisotopic (exact) mass is 439 g/mol. The zero-order chi connectivity index (χ0) is 20.1. The van der Waals surface area contributed by atoms with Gasteiger partial charge in [-0.1, -0.05) is 29.4 Å². The first-order valence-electron chi connectivity index (χ1n) is 8.01. The fourth-order valence-electron chi connectivity index (χ4n) is 2.27. The second-order valence-electron chi connectivity index (χ2n) is 5.65. The molecule has 2 N–H and O–H groups in total. The molecule has 0 aliphatic carbocycles. The molecule has 0 unspecified atom stereocenters. The van der Waals surface area contributed by atoms with Gasteiger partial charge < -0.3 is 4.57 Å². The number of thioether (sulfide) groups is 1. The first-order chi connectivity index (χ1) is 13.5. The molecule has 0 saturated heterocycles. The number of nitrogens with zero attached hydrogens (tertiary/aromatic N) is 3. The molecule has 0 aliphatic heterocycles. The van der Waals surface area contributed by atoms with Gasteiger partial charge in [0.05, 0.1) is 16.3 Å². The van der Waals surface area contributed by atoms with Crippen LogP contribution in [0.4, 0.5) is 4.39 Å². The molecule has 2 heterocycles. The van der Waals surface area contributed by atoms with Crippen LogP contribution in [-0.2, 0) is 18.3 Å². The average molecular weight is 440 g/mol. The third-order valence-electron chi connectivity index (χ3n) is 3.71. The molecule has 1 aromatic carbocycles. The van der Waals surface area contributed by atoms with Gasteiger partial charge in [-0.05, 0) is 34.5 Å². The summed E-state index contributed by atoms with van der Waals surface area (Å²) in [6.07, 6.45) is 0.652. The van der Waals surface area contributed by atoms with Crippen molar-refractivity contribution in [1.29, 1.82) is 0 Å². The molecule has 2 aromatic heterocycles. The highest BCUT2D eigenvalue weighted by Gasteiger charge is 2.17. The lowest BCUT2D eigenvalue weighted by molar-refractivity contribution is -0.119. The molecule has 28 heavy (non-hydrogen) atoms. The number of benzene rings is 1. The molecule has 146 valence electrons. The number of amides is 2. The molecule has 0 spiro atoms. The van der Waals surface area contributed by atoms with Crippen molar-refractivity contribution >= 4 is 46.5 Å². The van der Waals surface area contributed by atoms with Crippen LogP contribution in [0.2, 0.25) is 5.02 Å². The van der Waals surface area contributed by atoms with E-state index in [1.54, 1.807) is 11.3 Å². The molecule has 3 aromatic rings. The van der Waals surface area contributed by atoms with Crippen LogP contribution >= 0.6 is 34.7 Å². The minimum Gasteiger partial charge on any atom is -0.309 e. The minimum atomic E-state index is -0.835. The standard InChI is InChI=1S/C17H15ClFN5O2S2/c1-24-13(7-10-5-6-27-8-10)20-23-17(24)28-9-14(25)21-22-16(26)15-11(18)3-2-4-12(15)19/h2-6,8H,7,9H2,1H3,(H,21,25)(H,22,26). The number of hydrogen-bond acceptors (Lipinski definition) is 6. The molecule has 11 heteroatoms. The van der Waals surface area contributed by atoms with Gasteiger partial charge in [-0.25, -0.2) is 4.39 Å². The third-order valence-corrected chi connectivity index (χ3v) is 5.77. The summed E-state index contributed by atoms with van der Waals surface area (Å²) in [6, 6.07) is 5.90. The van der Waals surface area contributed by atoms with E-state index in [-0.39, 0.29) is 16.3 Å². The number of carbonyl (C=O) groups is 2. The summed E-state index contributed by atoms with van der Waals surface area (Å²) in [4.78, 5) is 24.0. The summed E-state index contributed by atoms with van der Waals surface area (Å²) >= 11 is 8.60. The lowest BCUT2D eigenvalue weighted by atomic mass is 10.2. The predicted octanol–water partition coefficient (Wildman–Crippen LogP) is 2.81. The van der Waals surface area contributed by atoms with Gasteiger partial charge in [0.25, 0.3) is 5.91 Å². The summed E-state index contributed by atoms with van der Waals surface area (Å²) < 4.78 is 15.5. The number of nitrogens with one attached hydrogen (secondary N) is 2. The van der Waals surface area contributed by atoms with E-state index in [1.165, 1.54) is 23.9 Å². The molecule has 7 nitrogen and oxygen atoms in total. The topological polar surface area (TPSA) is 88.9 Å². The quantitative estimate of drug-likeness (QED) is 0.455. The van der Waals surface area contributed by atoms with Crippen molar-refractivity contribution in [2.45, 2.75) is 11.6 Å². The van der Waals surface area contributed by atoms with Gasteiger partial charge in [-0.3, -0.25) is 20.4 Å². The molecule has 2 amide bonds. The first kappa shape index (κ1) is 20.3. The van der Waals surface area contributed by atoms with Crippen LogP contribution < -0.4 is 10.9 Å². The SMILES string of the molecule is Cn1c(Cc2ccsc2)nnc1SCC(=O)NNC(=O)c1c(F)cccc1Cl. The van der Waals surface area contributed by atoms with Crippen LogP contribution in [0.5, 0.6) is 0 Å². The van der Waals surface area contributed by atoms with Gasteiger partial charge in [-0.2, -0.15) is 11.3 Å². The molecule has 0 radical (unpaired) electrons. The van der Waals surface area contributed by atoms with E-state index in [2.05, 4.69) is 21.0 Å². The molecule has 0 bridgehead atoms. The molecule has 3 rings (SSSR count). The van der Waals surface area contributed by atoms with Crippen molar-refractivity contribution in [1.82, 2.24) is 25.6 Å². The second kappa shape index (κ2) is 9.18. The van der Waals surface area contributed by atoms with Gasteiger partial charge in [0.15, 0.2) is 5.16 Å². The van der Waals surface area contributed by atoms with Crippen molar-refractivity contribution < 1.29 is 14.0 Å². The van der Waals surface area contributed by atoms with E-state index in [4.69, 9.17) is 11.6 Å². The summed E-state index contributed by atoms with van der Waals surface area (Å²) in [6.45, 7) is 0. The average Bonchev–Trinajstić information content (AvgIpc) is 3.29. The minimum absolute atomic E-state index is 0.00426. The summed E-state index contributed by atoms with van der Waals surface area (Å²) in [5.41, 5.74) is 5.19. The van der Waals surface area contributed by atoms with E-state index >= 15 is 0 Å². The number of hydrogen-bond donors (Lipinski definition) is 2. The van der Waals surface area contributed by atoms with Crippen LogP contribution in [0, 0.1) is 5.82 Å². The van der Waals surface area contributed by atoms with Crippen LogP contribution in [0.25, 0.3) is 0 Å². The Morgan fingerprint density at radius 2 is 2.11 bits per heavy atom. The maximum atomic E-state index is 13.7. The van der Waals surface area contributed by atoms with E-state index in [0.717, 1.165) is 17.5 Å². The highest BCUT2D eigenvalue weighted by Crippen LogP contribution is 2.19. The fourth-order valence-corrected chi connectivity index (χ4v) is 3.92. The number of hydrazine groups is 1. The van der Waals surface area contributed by atoms with E-state index in [0.29, 0.717) is 11.6 Å². The number of rotatable bonds is 6. The van der Waals surface area contributed by atoms with Crippen molar-refractivity contribution in [2.75, 3.05) is 5.75 Å². The van der Waals surface area contributed by atoms with E-state index < -0.39 is 17.6 Å². The van der Waals surface area contributed by atoms with Crippen molar-refractivity contribution in [3.8, 4) is 0 Å². The fraction of sp³-hybridized carbons (Fsp3) is 0.176. The predicted molar refractivity (Wildman–Crippen MR) is 106 cm³/mol.